The van der Waals surface area contributed by atoms with E-state index < -0.39 is 11.4 Å². The van der Waals surface area contributed by atoms with Crippen molar-refractivity contribution in [1.82, 2.24) is 9.55 Å². The molecule has 4 nitrogen and oxygen atoms in total. The Morgan fingerprint density at radius 1 is 1.42 bits per heavy atom. The number of nitrogens with zero attached hydrogens (tertiary/aromatic N) is 2. The first-order chi connectivity index (χ1) is 9.13. The smallest absolute Gasteiger partial charge is 0.338 e. The molecule has 0 unspecified atom stereocenters. The van der Waals surface area contributed by atoms with Crippen molar-refractivity contribution in [3.63, 3.8) is 0 Å². The van der Waals surface area contributed by atoms with Crippen LogP contribution in [0.1, 0.15) is 5.56 Å². The van der Waals surface area contributed by atoms with Gasteiger partial charge in [-0.15, -0.1) is 0 Å². The highest BCUT2D eigenvalue weighted by Gasteiger charge is 2.12. The van der Waals surface area contributed by atoms with Gasteiger partial charge in [-0.25, -0.2) is 14.2 Å². The summed E-state index contributed by atoms with van der Waals surface area (Å²) in [5, 5.41) is -0.155. The molecule has 6 heteroatoms. The van der Waals surface area contributed by atoms with Crippen LogP contribution in [0.15, 0.2) is 45.9 Å². The summed E-state index contributed by atoms with van der Waals surface area (Å²) in [5.41, 5.74) is 0.895. The van der Waals surface area contributed by atoms with Gasteiger partial charge in [-0.05, 0) is 23.8 Å². The number of hydrogen-bond donors (Lipinski definition) is 0. The highest BCUT2D eigenvalue weighted by molar-refractivity contribution is 6.29. The fourth-order valence-corrected chi connectivity index (χ4v) is 2.02. The van der Waals surface area contributed by atoms with Crippen molar-refractivity contribution < 1.29 is 8.81 Å². The van der Waals surface area contributed by atoms with Crippen LogP contribution in [-0.4, -0.2) is 9.55 Å². The minimum Gasteiger partial charge on any atom is -0.421 e. The van der Waals surface area contributed by atoms with Crippen molar-refractivity contribution >= 4 is 11.6 Å². The predicted octanol–water partition coefficient (Wildman–Crippen LogP) is 2.78. The van der Waals surface area contributed by atoms with Crippen molar-refractivity contribution in [1.29, 1.82) is 0 Å². The quantitative estimate of drug-likeness (QED) is 0.677. The van der Waals surface area contributed by atoms with Crippen LogP contribution in [-0.2, 0) is 6.54 Å². The van der Waals surface area contributed by atoms with Crippen molar-refractivity contribution in [2.75, 3.05) is 0 Å². The Bertz CT molecular complexity index is 766. The van der Waals surface area contributed by atoms with Gasteiger partial charge in [-0.2, -0.15) is 0 Å². The second-order valence-electron chi connectivity index (χ2n) is 4.07. The Balaban J connectivity index is 2.01. The minimum atomic E-state index is -0.566. The summed E-state index contributed by atoms with van der Waals surface area (Å²) in [6.45, 7) is 0.372. The van der Waals surface area contributed by atoms with E-state index in [1.54, 1.807) is 22.9 Å². The highest BCUT2D eigenvalue weighted by Crippen LogP contribution is 2.21. The molecule has 2 aliphatic heterocycles. The summed E-state index contributed by atoms with van der Waals surface area (Å²) in [6, 6.07) is 6.17. The van der Waals surface area contributed by atoms with Crippen LogP contribution < -0.4 is 5.63 Å². The maximum atomic E-state index is 13.3. The molecule has 0 aliphatic carbocycles. The lowest BCUT2D eigenvalue weighted by molar-refractivity contribution is 0.540. The third-order valence-electron chi connectivity index (χ3n) is 2.75. The molecule has 1 aromatic rings. The molecule has 0 aromatic carbocycles. The molecule has 0 atom stereocenters. The molecule has 3 heterocycles. The summed E-state index contributed by atoms with van der Waals surface area (Å²) in [6.07, 6.45) is 3.28. The van der Waals surface area contributed by atoms with E-state index in [9.17, 15) is 9.18 Å². The molecular formula is C13H8ClFN2O2. The van der Waals surface area contributed by atoms with E-state index in [1.165, 1.54) is 18.3 Å². The summed E-state index contributed by atoms with van der Waals surface area (Å²) < 4.78 is 20.1. The Kier molecular flexibility index (Phi) is 2.83. The first kappa shape index (κ1) is 11.9. The summed E-state index contributed by atoms with van der Waals surface area (Å²) in [4.78, 5) is 15.0. The molecule has 0 radical (unpaired) electrons. The summed E-state index contributed by atoms with van der Waals surface area (Å²) >= 11 is 5.53. The Labute approximate surface area is 112 Å². The number of aromatic nitrogens is 2. The van der Waals surface area contributed by atoms with E-state index in [0.717, 1.165) is 0 Å². The van der Waals surface area contributed by atoms with Crippen LogP contribution in [0.3, 0.4) is 0 Å². The van der Waals surface area contributed by atoms with Gasteiger partial charge in [0.15, 0.2) is 16.7 Å². The van der Waals surface area contributed by atoms with Crippen LogP contribution in [0.5, 0.6) is 0 Å². The zero-order chi connectivity index (χ0) is 13.4. The Hall–Kier alpha value is -2.14. The van der Waals surface area contributed by atoms with Crippen molar-refractivity contribution in [2.45, 2.75) is 6.54 Å². The second kappa shape index (κ2) is 4.51. The van der Waals surface area contributed by atoms with Gasteiger partial charge in [0.2, 0.25) is 0 Å². The van der Waals surface area contributed by atoms with E-state index in [-0.39, 0.29) is 5.15 Å². The number of halogens is 2. The maximum Gasteiger partial charge on any atom is 0.338 e. The van der Waals surface area contributed by atoms with Gasteiger partial charge in [0.25, 0.3) is 0 Å². The van der Waals surface area contributed by atoms with Crippen LogP contribution in [0.2, 0.25) is 5.15 Å². The number of furan rings is 1. The van der Waals surface area contributed by atoms with Crippen molar-refractivity contribution in [3.8, 4) is 11.5 Å². The number of rotatable bonds is 2. The average Bonchev–Trinajstić information content (AvgIpc) is 2.75. The molecule has 19 heavy (non-hydrogen) atoms. The van der Waals surface area contributed by atoms with Gasteiger partial charge < -0.3 is 8.98 Å². The van der Waals surface area contributed by atoms with Gasteiger partial charge >= 0.3 is 5.63 Å². The van der Waals surface area contributed by atoms with Crippen LogP contribution in [0.4, 0.5) is 4.39 Å². The van der Waals surface area contributed by atoms with E-state index in [2.05, 4.69) is 4.98 Å². The molecule has 0 amide bonds. The molecule has 0 spiro atoms. The molecular weight excluding hydrogens is 271 g/mol. The van der Waals surface area contributed by atoms with Gasteiger partial charge in [0.05, 0.1) is 11.8 Å². The summed E-state index contributed by atoms with van der Waals surface area (Å²) in [5.74, 6) is -0.0708. The first-order valence-electron chi connectivity index (χ1n) is 5.52. The first-order valence-corrected chi connectivity index (χ1v) is 5.90. The Morgan fingerprint density at radius 3 is 3.05 bits per heavy atom. The molecule has 0 saturated heterocycles. The third-order valence-corrected chi connectivity index (χ3v) is 3.02. The monoisotopic (exact) mass is 278 g/mol. The fraction of sp³-hybridized carbons (Fsp3) is 0.0769. The van der Waals surface area contributed by atoms with Gasteiger partial charge in [0.1, 0.15) is 0 Å². The molecule has 0 fully saturated rings. The van der Waals surface area contributed by atoms with E-state index in [0.29, 0.717) is 23.6 Å². The maximum absolute atomic E-state index is 13.3. The zero-order valence-electron chi connectivity index (χ0n) is 9.64. The van der Waals surface area contributed by atoms with Crippen molar-refractivity contribution in [2.24, 2.45) is 0 Å². The lowest BCUT2D eigenvalue weighted by Gasteiger charge is -2.10. The molecule has 96 valence electrons. The highest BCUT2D eigenvalue weighted by atomic mass is 35.5. The third kappa shape index (κ3) is 2.24. The normalized spacial score (nSPS) is 11.1. The van der Waals surface area contributed by atoms with Crippen LogP contribution in [0, 0.1) is 5.82 Å². The lowest BCUT2D eigenvalue weighted by atomic mass is 10.2. The lowest BCUT2D eigenvalue weighted by Crippen LogP contribution is -2.04. The molecule has 0 N–H and O–H groups in total. The van der Waals surface area contributed by atoms with E-state index >= 15 is 0 Å². The number of pyridine rings is 2. The summed E-state index contributed by atoms with van der Waals surface area (Å²) in [7, 11) is 0. The molecule has 3 rings (SSSR count). The van der Waals surface area contributed by atoms with E-state index in [1.807, 2.05) is 0 Å². The number of fused-ring (bicyclic) bond motifs is 1. The standard InChI is InChI=1S/C13H8ClFN2O2/c14-13-9(15)4-8(6-16-13)7-17-3-1-2-11-10(17)5-12(18)19-11/h1-6H,7H2. The SMILES string of the molecule is O=c1cc2n(Cc3cnc(Cl)c(F)c3)cccc-2o1. The predicted molar refractivity (Wildman–Crippen MR) is 67.9 cm³/mol. The van der Waals surface area contributed by atoms with Crippen LogP contribution >= 0.6 is 11.6 Å². The average molecular weight is 279 g/mol. The van der Waals surface area contributed by atoms with Crippen LogP contribution in [0.25, 0.3) is 11.5 Å². The second-order valence-corrected chi connectivity index (χ2v) is 4.43. The van der Waals surface area contributed by atoms with Gasteiger partial charge in [0, 0.05) is 18.9 Å². The van der Waals surface area contributed by atoms with Gasteiger partial charge in [-0.3, -0.25) is 0 Å². The van der Waals surface area contributed by atoms with Crippen molar-refractivity contribution in [3.05, 3.63) is 63.6 Å². The molecule has 1 aromatic heterocycles. The minimum absolute atomic E-state index is 0.155. The van der Waals surface area contributed by atoms with E-state index in [4.69, 9.17) is 16.0 Å². The number of hydrogen-bond acceptors (Lipinski definition) is 3. The topological polar surface area (TPSA) is 48.0 Å². The fourth-order valence-electron chi connectivity index (χ4n) is 1.91. The molecule has 2 aliphatic rings. The Morgan fingerprint density at radius 2 is 2.26 bits per heavy atom. The molecule has 0 bridgehead atoms. The largest absolute Gasteiger partial charge is 0.421 e. The zero-order valence-corrected chi connectivity index (χ0v) is 10.4. The van der Waals surface area contributed by atoms with Gasteiger partial charge in [-0.1, -0.05) is 11.6 Å². The molecule has 0 saturated carbocycles.